The summed E-state index contributed by atoms with van der Waals surface area (Å²) in [6.07, 6.45) is 0. The lowest BCUT2D eigenvalue weighted by atomic mass is 10.2. The molecule has 0 aromatic heterocycles. The van der Waals surface area contributed by atoms with E-state index in [1.54, 1.807) is 7.11 Å². The fraction of sp³-hybridized carbons (Fsp3) is 0.273. The largest absolute Gasteiger partial charge is 0.496 e. The number of carboxylic acid groups (broad SMARTS) is 2. The predicted molar refractivity (Wildman–Crippen MR) is 68.7 cm³/mol. The Labute approximate surface area is 113 Å². The van der Waals surface area contributed by atoms with Crippen LogP contribution in [-0.2, 0) is 16.1 Å². The smallest absolute Gasteiger partial charge is 0.414 e. The third-order valence-corrected chi connectivity index (χ3v) is 2.29. The van der Waals surface area contributed by atoms with E-state index in [0.717, 1.165) is 22.3 Å². The highest BCUT2D eigenvalue weighted by atomic mass is 79.9. The van der Waals surface area contributed by atoms with Crippen molar-refractivity contribution in [2.45, 2.75) is 6.54 Å². The highest BCUT2D eigenvalue weighted by Crippen LogP contribution is 2.22. The molecule has 0 radical (unpaired) electrons. The summed E-state index contributed by atoms with van der Waals surface area (Å²) in [4.78, 5) is 18.2. The molecule has 1 aromatic rings. The van der Waals surface area contributed by atoms with Gasteiger partial charge in [0.1, 0.15) is 5.75 Å². The number of methoxy groups -OCH3 is 1. The summed E-state index contributed by atoms with van der Waals surface area (Å²) in [6, 6.07) is 5.98. The van der Waals surface area contributed by atoms with Crippen LogP contribution in [0.5, 0.6) is 5.75 Å². The molecular weight excluding hydrogens is 306 g/mol. The van der Waals surface area contributed by atoms with Crippen LogP contribution in [0.3, 0.4) is 0 Å². The minimum atomic E-state index is -1.82. The van der Waals surface area contributed by atoms with Gasteiger partial charge in [0.05, 0.1) is 7.11 Å². The number of benzene rings is 1. The minimum absolute atomic E-state index is 0.822. The van der Waals surface area contributed by atoms with Gasteiger partial charge in [0.15, 0.2) is 0 Å². The Kier molecular flexibility index (Phi) is 7.73. The number of carboxylic acids is 2. The van der Waals surface area contributed by atoms with Gasteiger partial charge in [0.25, 0.3) is 0 Å². The average molecular weight is 320 g/mol. The lowest BCUT2D eigenvalue weighted by molar-refractivity contribution is -0.159. The van der Waals surface area contributed by atoms with Gasteiger partial charge in [-0.25, -0.2) is 9.59 Å². The van der Waals surface area contributed by atoms with Gasteiger partial charge in [-0.3, -0.25) is 0 Å². The molecule has 0 heterocycles. The van der Waals surface area contributed by atoms with Crippen LogP contribution < -0.4 is 10.1 Å². The third kappa shape index (κ3) is 6.21. The highest BCUT2D eigenvalue weighted by molar-refractivity contribution is 9.10. The number of rotatable bonds is 3. The van der Waals surface area contributed by atoms with E-state index in [0.29, 0.717) is 0 Å². The highest BCUT2D eigenvalue weighted by Gasteiger charge is 2.04. The topological polar surface area (TPSA) is 95.9 Å². The molecule has 100 valence electrons. The van der Waals surface area contributed by atoms with Crippen molar-refractivity contribution >= 4 is 27.9 Å². The maximum Gasteiger partial charge on any atom is 0.414 e. The number of halogens is 1. The van der Waals surface area contributed by atoms with Gasteiger partial charge in [-0.05, 0) is 25.2 Å². The van der Waals surface area contributed by atoms with Crippen molar-refractivity contribution < 1.29 is 24.5 Å². The number of hydrogen-bond donors (Lipinski definition) is 3. The van der Waals surface area contributed by atoms with E-state index in [2.05, 4.69) is 27.3 Å². The van der Waals surface area contributed by atoms with E-state index in [1.165, 1.54) is 0 Å². The molecule has 1 rings (SSSR count). The van der Waals surface area contributed by atoms with Crippen LogP contribution in [-0.4, -0.2) is 36.3 Å². The summed E-state index contributed by atoms with van der Waals surface area (Å²) in [5, 5.41) is 17.9. The van der Waals surface area contributed by atoms with Crippen molar-refractivity contribution in [1.29, 1.82) is 0 Å². The normalized spacial score (nSPS) is 9.06. The van der Waals surface area contributed by atoms with Crippen LogP contribution >= 0.6 is 15.9 Å². The number of aliphatic carboxylic acids is 2. The Bertz CT molecular complexity index is 410. The Morgan fingerprint density at radius 2 is 1.89 bits per heavy atom. The Morgan fingerprint density at radius 3 is 2.28 bits per heavy atom. The maximum absolute atomic E-state index is 9.10. The molecule has 1 aromatic carbocycles. The molecule has 0 bridgehead atoms. The van der Waals surface area contributed by atoms with Gasteiger partial charge in [0, 0.05) is 16.6 Å². The fourth-order valence-corrected chi connectivity index (χ4v) is 1.48. The van der Waals surface area contributed by atoms with Crippen LogP contribution in [0.15, 0.2) is 22.7 Å². The molecule has 3 N–H and O–H groups in total. The van der Waals surface area contributed by atoms with Crippen molar-refractivity contribution in [3.05, 3.63) is 28.2 Å². The first kappa shape index (κ1) is 16.4. The summed E-state index contributed by atoms with van der Waals surface area (Å²) in [5.41, 5.74) is 1.16. The van der Waals surface area contributed by atoms with Crippen molar-refractivity contribution in [1.82, 2.24) is 5.32 Å². The first-order chi connectivity index (χ1) is 8.42. The van der Waals surface area contributed by atoms with Crippen LogP contribution in [0.25, 0.3) is 0 Å². The van der Waals surface area contributed by atoms with E-state index in [4.69, 9.17) is 24.5 Å². The molecule has 0 aliphatic carbocycles. The van der Waals surface area contributed by atoms with Gasteiger partial charge in [-0.2, -0.15) is 0 Å². The van der Waals surface area contributed by atoms with Crippen LogP contribution in [0.1, 0.15) is 5.56 Å². The molecule has 0 unspecified atom stereocenters. The summed E-state index contributed by atoms with van der Waals surface area (Å²) in [7, 11) is 3.60. The van der Waals surface area contributed by atoms with E-state index in [-0.39, 0.29) is 0 Å². The number of ether oxygens (including phenoxy) is 1. The molecule has 0 saturated carbocycles. The molecule has 7 heteroatoms. The monoisotopic (exact) mass is 319 g/mol. The first-order valence-electron chi connectivity index (χ1n) is 4.85. The van der Waals surface area contributed by atoms with Gasteiger partial charge in [0.2, 0.25) is 0 Å². The second-order valence-electron chi connectivity index (χ2n) is 3.10. The first-order valence-corrected chi connectivity index (χ1v) is 5.64. The molecule has 18 heavy (non-hydrogen) atoms. The predicted octanol–water partition coefficient (Wildman–Crippen LogP) is 1.33. The minimum Gasteiger partial charge on any atom is -0.496 e. The Hall–Kier alpha value is -1.60. The van der Waals surface area contributed by atoms with E-state index in [9.17, 15) is 0 Å². The Balaban J connectivity index is 0.000000411. The number of nitrogens with one attached hydrogen (secondary N) is 1. The van der Waals surface area contributed by atoms with Crippen LogP contribution in [0.4, 0.5) is 0 Å². The Morgan fingerprint density at radius 1 is 1.33 bits per heavy atom. The molecule has 6 nitrogen and oxygen atoms in total. The van der Waals surface area contributed by atoms with Crippen molar-refractivity contribution in [3.8, 4) is 5.75 Å². The lowest BCUT2D eigenvalue weighted by Crippen LogP contribution is -2.09. The number of hydrogen-bond acceptors (Lipinski definition) is 4. The van der Waals surface area contributed by atoms with E-state index >= 15 is 0 Å². The molecule has 0 aliphatic rings. The summed E-state index contributed by atoms with van der Waals surface area (Å²) < 4.78 is 6.27. The second kappa shape index (κ2) is 8.48. The van der Waals surface area contributed by atoms with Crippen molar-refractivity contribution in [2.75, 3.05) is 14.2 Å². The summed E-state index contributed by atoms with van der Waals surface area (Å²) >= 11 is 3.41. The second-order valence-corrected chi connectivity index (χ2v) is 4.01. The molecule has 0 amide bonds. The standard InChI is InChI=1S/C9H12BrNO.C2H2O4/c1-11-6-7-5-8(10)3-4-9(7)12-2;3-1(4)2(5)6/h3-5,11H,6H2,1-2H3;(H,3,4)(H,5,6). The molecule has 0 atom stereocenters. The fourth-order valence-electron chi connectivity index (χ4n) is 1.08. The zero-order chi connectivity index (χ0) is 14.1. The molecule has 0 aliphatic heterocycles. The summed E-state index contributed by atoms with van der Waals surface area (Å²) in [5.74, 6) is -2.72. The molecule has 0 saturated heterocycles. The van der Waals surface area contributed by atoms with Crippen molar-refractivity contribution in [3.63, 3.8) is 0 Å². The average Bonchev–Trinajstić information content (AvgIpc) is 2.30. The van der Waals surface area contributed by atoms with Crippen LogP contribution in [0.2, 0.25) is 0 Å². The maximum atomic E-state index is 9.10. The number of carbonyl (C=O) groups is 2. The lowest BCUT2D eigenvalue weighted by Gasteiger charge is -2.07. The third-order valence-electron chi connectivity index (χ3n) is 1.79. The van der Waals surface area contributed by atoms with E-state index < -0.39 is 11.9 Å². The van der Waals surface area contributed by atoms with E-state index in [1.807, 2.05) is 19.2 Å². The molecular formula is C11H14BrNO5. The van der Waals surface area contributed by atoms with Gasteiger partial charge >= 0.3 is 11.9 Å². The van der Waals surface area contributed by atoms with Crippen LogP contribution in [0, 0.1) is 0 Å². The van der Waals surface area contributed by atoms with Crippen molar-refractivity contribution in [2.24, 2.45) is 0 Å². The molecule has 0 fully saturated rings. The van der Waals surface area contributed by atoms with Gasteiger partial charge in [-0.15, -0.1) is 0 Å². The zero-order valence-electron chi connectivity index (χ0n) is 9.94. The molecule has 0 spiro atoms. The van der Waals surface area contributed by atoms with Gasteiger partial charge < -0.3 is 20.3 Å². The SMILES string of the molecule is CNCc1cc(Br)ccc1OC.O=C(O)C(=O)O. The zero-order valence-corrected chi connectivity index (χ0v) is 11.5. The quantitative estimate of drug-likeness (QED) is 0.727. The summed E-state index contributed by atoms with van der Waals surface area (Å²) in [6.45, 7) is 0.822. The van der Waals surface area contributed by atoms with Gasteiger partial charge in [-0.1, -0.05) is 15.9 Å².